The minimum Gasteiger partial charge on any atom is -0.494 e. The highest BCUT2D eigenvalue weighted by atomic mass is 35.5. The number of halogens is 3. The lowest BCUT2D eigenvalue weighted by Crippen LogP contribution is -2.19. The van der Waals surface area contributed by atoms with Crippen LogP contribution in [0.15, 0.2) is 47.7 Å². The molecule has 38 heavy (non-hydrogen) atoms. The van der Waals surface area contributed by atoms with E-state index in [4.69, 9.17) is 22.8 Å². The molecule has 4 aromatic rings. The molecular formula is C25H17ClF2N6O3S. The van der Waals surface area contributed by atoms with Gasteiger partial charge in [0.15, 0.2) is 0 Å². The number of carbonyl (C=O) groups excluding carboxylic acids is 1. The predicted octanol–water partition coefficient (Wildman–Crippen LogP) is 4.73. The van der Waals surface area contributed by atoms with Gasteiger partial charge in [0.1, 0.15) is 22.3 Å². The molecule has 1 unspecified atom stereocenters. The van der Waals surface area contributed by atoms with Crippen molar-refractivity contribution in [2.75, 3.05) is 12.4 Å². The van der Waals surface area contributed by atoms with Gasteiger partial charge in [0.25, 0.3) is 17.9 Å². The summed E-state index contributed by atoms with van der Waals surface area (Å²) >= 11 is 7.11. The van der Waals surface area contributed by atoms with Crippen molar-refractivity contribution < 1.29 is 18.3 Å². The van der Waals surface area contributed by atoms with E-state index in [1.807, 2.05) is 0 Å². The summed E-state index contributed by atoms with van der Waals surface area (Å²) in [5.41, 5.74) is -0.647. The Balaban J connectivity index is 1.59. The highest BCUT2D eigenvalue weighted by Crippen LogP contribution is 2.48. The summed E-state index contributed by atoms with van der Waals surface area (Å²) < 4.78 is 33.6. The van der Waals surface area contributed by atoms with Crippen molar-refractivity contribution >= 4 is 34.0 Å². The first-order chi connectivity index (χ1) is 18.3. The van der Waals surface area contributed by atoms with Gasteiger partial charge in [0, 0.05) is 46.4 Å². The number of alkyl halides is 2. The molecular weight excluding hydrogens is 538 g/mol. The van der Waals surface area contributed by atoms with Crippen molar-refractivity contribution in [3.05, 3.63) is 74.5 Å². The third-order valence-electron chi connectivity index (χ3n) is 5.87. The van der Waals surface area contributed by atoms with Crippen LogP contribution in [0.4, 0.5) is 13.9 Å². The van der Waals surface area contributed by atoms with E-state index in [2.05, 4.69) is 31.4 Å². The lowest BCUT2D eigenvalue weighted by atomic mass is 10.00. The molecule has 0 aliphatic heterocycles. The third-order valence-corrected chi connectivity index (χ3v) is 7.07. The fraction of sp³-hybridized carbons (Fsp3) is 0.200. The molecule has 13 heteroatoms. The summed E-state index contributed by atoms with van der Waals surface area (Å²) in [6.07, 6.45) is 7.19. The standard InChI is InChI=1S/C25H17ClF2N6O3S/c1-3-12-6-14(12)24-32-33-25(38-24)31-23(36)17-10-30-20(34-5-4-13(26)7-21(34)35)9-15(17)16-8-18(22(27)28)29-11-19(16)37-2/h1,4-5,7-12,14,22H,6H2,2H3,(H,31,33,36)/t12-,14?/m0/s1. The van der Waals surface area contributed by atoms with E-state index in [0.29, 0.717) is 0 Å². The predicted molar refractivity (Wildman–Crippen MR) is 137 cm³/mol. The van der Waals surface area contributed by atoms with Crippen LogP contribution in [0.2, 0.25) is 5.02 Å². The van der Waals surface area contributed by atoms with Gasteiger partial charge < -0.3 is 4.74 Å². The Kier molecular flexibility index (Phi) is 6.88. The number of carbonyl (C=O) groups is 1. The van der Waals surface area contributed by atoms with Gasteiger partial charge in [0.2, 0.25) is 5.13 Å². The van der Waals surface area contributed by atoms with Crippen molar-refractivity contribution in [3.8, 4) is 35.0 Å². The molecule has 2 atom stereocenters. The number of terminal acetylenes is 1. The Morgan fingerprint density at radius 2 is 2.08 bits per heavy atom. The molecule has 0 radical (unpaired) electrons. The molecule has 1 aliphatic carbocycles. The number of rotatable bonds is 7. The van der Waals surface area contributed by atoms with Gasteiger partial charge in [-0.15, -0.1) is 22.5 Å². The van der Waals surface area contributed by atoms with Gasteiger partial charge in [-0.3, -0.25) is 24.5 Å². The summed E-state index contributed by atoms with van der Waals surface area (Å²) in [6, 6.07) is 5.23. The zero-order valence-electron chi connectivity index (χ0n) is 19.6. The highest BCUT2D eigenvalue weighted by molar-refractivity contribution is 7.15. The molecule has 4 heterocycles. The average molecular weight is 555 g/mol. The minimum absolute atomic E-state index is 0.0187. The molecule has 1 amide bonds. The normalized spacial score (nSPS) is 16.2. The topological polar surface area (TPSA) is 112 Å². The fourth-order valence-electron chi connectivity index (χ4n) is 3.83. The first-order valence-electron chi connectivity index (χ1n) is 11.1. The Hall–Kier alpha value is -4.21. The maximum absolute atomic E-state index is 13.5. The lowest BCUT2D eigenvalue weighted by Gasteiger charge is -2.15. The molecule has 1 saturated carbocycles. The van der Waals surface area contributed by atoms with Crippen LogP contribution in [0, 0.1) is 18.3 Å². The van der Waals surface area contributed by atoms with Gasteiger partial charge in [-0.25, -0.2) is 13.8 Å². The van der Waals surface area contributed by atoms with Gasteiger partial charge in [-0.2, -0.15) is 0 Å². The van der Waals surface area contributed by atoms with E-state index in [1.165, 1.54) is 53.6 Å². The van der Waals surface area contributed by atoms with Crippen molar-refractivity contribution in [2.45, 2.75) is 18.8 Å². The molecule has 9 nitrogen and oxygen atoms in total. The number of ether oxygens (including phenoxy) is 1. The molecule has 5 rings (SSSR count). The number of hydrogen-bond acceptors (Lipinski definition) is 8. The second-order valence-corrected chi connectivity index (χ2v) is 9.71. The molecule has 0 saturated heterocycles. The van der Waals surface area contributed by atoms with E-state index in [0.717, 1.165) is 23.7 Å². The van der Waals surface area contributed by atoms with Crippen molar-refractivity contribution in [1.82, 2.24) is 24.7 Å². The molecule has 192 valence electrons. The monoisotopic (exact) mass is 554 g/mol. The largest absolute Gasteiger partial charge is 0.494 e. The maximum Gasteiger partial charge on any atom is 0.280 e. The number of amides is 1. The molecule has 0 aromatic carbocycles. The maximum atomic E-state index is 13.5. The van der Waals surface area contributed by atoms with Crippen molar-refractivity contribution in [1.29, 1.82) is 0 Å². The smallest absolute Gasteiger partial charge is 0.280 e. The molecule has 0 bridgehead atoms. The van der Waals surface area contributed by atoms with Crippen LogP contribution in [-0.2, 0) is 0 Å². The number of nitrogens with zero attached hydrogens (tertiary/aromatic N) is 5. The van der Waals surface area contributed by atoms with Crippen LogP contribution >= 0.6 is 22.9 Å². The molecule has 1 N–H and O–H groups in total. The van der Waals surface area contributed by atoms with Crippen LogP contribution in [0.5, 0.6) is 5.75 Å². The molecule has 4 aromatic heterocycles. The third kappa shape index (κ3) is 4.98. The van der Waals surface area contributed by atoms with Crippen molar-refractivity contribution in [2.24, 2.45) is 5.92 Å². The zero-order chi connectivity index (χ0) is 27.0. The first-order valence-corrected chi connectivity index (χ1v) is 12.3. The summed E-state index contributed by atoms with van der Waals surface area (Å²) in [7, 11) is 1.35. The van der Waals surface area contributed by atoms with Crippen LogP contribution in [0.1, 0.15) is 39.8 Å². The number of anilines is 1. The summed E-state index contributed by atoms with van der Waals surface area (Å²) in [6.45, 7) is 0. The Bertz CT molecular complexity index is 1650. The van der Waals surface area contributed by atoms with Gasteiger partial charge in [0.05, 0.1) is 18.9 Å². The zero-order valence-corrected chi connectivity index (χ0v) is 21.1. The number of aromatic nitrogens is 5. The quantitative estimate of drug-likeness (QED) is 0.329. The van der Waals surface area contributed by atoms with Gasteiger partial charge >= 0.3 is 0 Å². The van der Waals surface area contributed by atoms with E-state index < -0.39 is 23.6 Å². The van der Waals surface area contributed by atoms with Gasteiger partial charge in [-0.1, -0.05) is 22.9 Å². The summed E-state index contributed by atoms with van der Waals surface area (Å²) in [5.74, 6) is 2.55. The Morgan fingerprint density at radius 3 is 2.76 bits per heavy atom. The van der Waals surface area contributed by atoms with Gasteiger partial charge in [-0.05, 0) is 24.6 Å². The molecule has 0 spiro atoms. The highest BCUT2D eigenvalue weighted by Gasteiger charge is 2.39. The molecule has 1 fully saturated rings. The van der Waals surface area contributed by atoms with Crippen LogP contribution in [0.3, 0.4) is 0 Å². The lowest BCUT2D eigenvalue weighted by molar-refractivity contribution is 0.102. The van der Waals surface area contributed by atoms with Crippen LogP contribution in [0.25, 0.3) is 16.9 Å². The second kappa shape index (κ2) is 10.3. The summed E-state index contributed by atoms with van der Waals surface area (Å²) in [5, 5.41) is 12.0. The Morgan fingerprint density at radius 1 is 1.26 bits per heavy atom. The number of methoxy groups -OCH3 is 1. The van der Waals surface area contributed by atoms with E-state index in [-0.39, 0.29) is 50.2 Å². The Labute approximate surface area is 223 Å². The van der Waals surface area contributed by atoms with Crippen LogP contribution < -0.4 is 15.6 Å². The average Bonchev–Trinajstić information content (AvgIpc) is 3.56. The SMILES string of the molecule is C#C[C@H]1CC1c1nnc(NC(=O)c2cnc(-n3ccc(Cl)cc3=O)cc2-c2cc(C(F)F)ncc2OC)s1. The second-order valence-electron chi connectivity index (χ2n) is 8.27. The van der Waals surface area contributed by atoms with Crippen molar-refractivity contribution in [3.63, 3.8) is 0 Å². The van der Waals surface area contributed by atoms with Crippen LogP contribution in [-0.4, -0.2) is 37.7 Å². The minimum atomic E-state index is -2.87. The van der Waals surface area contributed by atoms with E-state index in [1.54, 1.807) is 0 Å². The number of hydrogen-bond donors (Lipinski definition) is 1. The first kappa shape index (κ1) is 25.4. The summed E-state index contributed by atoms with van der Waals surface area (Å²) in [4.78, 5) is 33.9. The number of pyridine rings is 3. The van der Waals surface area contributed by atoms with E-state index >= 15 is 0 Å². The van der Waals surface area contributed by atoms with E-state index in [9.17, 15) is 18.4 Å². The fourth-order valence-corrected chi connectivity index (χ4v) is 4.89. The number of nitrogens with one attached hydrogen (secondary N) is 1. The molecule has 1 aliphatic rings.